The third kappa shape index (κ3) is 6.88. The predicted octanol–water partition coefficient (Wildman–Crippen LogP) is 1.10. The van der Waals surface area contributed by atoms with E-state index in [0.29, 0.717) is 13.0 Å². The highest BCUT2D eigenvalue weighted by molar-refractivity contribution is 5.84. The molecule has 1 aromatic rings. The van der Waals surface area contributed by atoms with Crippen LogP contribution in [0, 0.1) is 0 Å². The van der Waals surface area contributed by atoms with Crippen molar-refractivity contribution in [3.05, 3.63) is 35.9 Å². The first kappa shape index (κ1) is 17.7. The zero-order chi connectivity index (χ0) is 16.4. The number of nitrogens with one attached hydrogen (secondary N) is 2. The van der Waals surface area contributed by atoms with E-state index in [4.69, 9.17) is 0 Å². The van der Waals surface area contributed by atoms with E-state index in [-0.39, 0.29) is 31.1 Å². The first-order valence-corrected chi connectivity index (χ1v) is 7.35. The molecule has 0 heterocycles. The molecule has 0 fully saturated rings. The Balaban J connectivity index is 2.41. The fourth-order valence-corrected chi connectivity index (χ4v) is 2.01. The number of carbonyl (C=O) groups excluding carboxylic acids is 2. The molecule has 1 unspecified atom stereocenters. The van der Waals surface area contributed by atoms with Gasteiger partial charge in [0.05, 0.1) is 0 Å². The lowest BCUT2D eigenvalue weighted by Crippen LogP contribution is -2.42. The third-order valence-electron chi connectivity index (χ3n) is 3.10. The molecule has 6 heteroatoms. The summed E-state index contributed by atoms with van der Waals surface area (Å²) in [6, 6.07) is 8.16. The van der Waals surface area contributed by atoms with Crippen molar-refractivity contribution in [3.63, 3.8) is 0 Å². The molecule has 6 nitrogen and oxygen atoms in total. The molecule has 0 aromatic heterocycles. The Morgan fingerprint density at radius 2 is 1.73 bits per heavy atom. The van der Waals surface area contributed by atoms with Gasteiger partial charge in [-0.2, -0.15) is 0 Å². The molecule has 1 rings (SSSR count). The number of benzene rings is 1. The molecule has 0 aliphatic rings. The van der Waals surface area contributed by atoms with Crippen molar-refractivity contribution in [2.75, 3.05) is 6.54 Å². The minimum Gasteiger partial charge on any atom is -0.480 e. The van der Waals surface area contributed by atoms with Crippen LogP contribution in [0.15, 0.2) is 30.3 Å². The Morgan fingerprint density at radius 1 is 1.09 bits per heavy atom. The lowest BCUT2D eigenvalue weighted by atomic mass is 10.1. The van der Waals surface area contributed by atoms with Crippen molar-refractivity contribution in [2.45, 2.75) is 38.6 Å². The maximum absolute atomic E-state index is 11.8. The lowest BCUT2D eigenvalue weighted by Gasteiger charge is -2.14. The summed E-state index contributed by atoms with van der Waals surface area (Å²) in [6.07, 6.45) is 1.03. The number of hydrogen-bond donors (Lipinski definition) is 3. The SMILES string of the molecule is CCNC(=O)CCCC(=O)NC(Cc1ccccc1)C(=O)O. The zero-order valence-corrected chi connectivity index (χ0v) is 12.7. The number of amides is 2. The molecule has 0 saturated heterocycles. The highest BCUT2D eigenvalue weighted by atomic mass is 16.4. The molecule has 2 amide bonds. The van der Waals surface area contributed by atoms with Crippen LogP contribution >= 0.6 is 0 Å². The van der Waals surface area contributed by atoms with Crippen LogP contribution < -0.4 is 10.6 Å². The van der Waals surface area contributed by atoms with Gasteiger partial charge >= 0.3 is 5.97 Å². The molecule has 0 saturated carbocycles. The van der Waals surface area contributed by atoms with Crippen LogP contribution in [0.3, 0.4) is 0 Å². The molecule has 1 aromatic carbocycles. The molecular formula is C16H22N2O4. The molecular weight excluding hydrogens is 284 g/mol. The summed E-state index contributed by atoms with van der Waals surface area (Å²) >= 11 is 0. The predicted molar refractivity (Wildman–Crippen MR) is 82.2 cm³/mol. The van der Waals surface area contributed by atoms with Crippen LogP contribution in [0.25, 0.3) is 0 Å². The van der Waals surface area contributed by atoms with Gasteiger partial charge in [-0.15, -0.1) is 0 Å². The van der Waals surface area contributed by atoms with Crippen LogP contribution in [0.2, 0.25) is 0 Å². The van der Waals surface area contributed by atoms with Gasteiger partial charge in [0, 0.05) is 25.8 Å². The largest absolute Gasteiger partial charge is 0.480 e. The minimum atomic E-state index is -1.07. The summed E-state index contributed by atoms with van der Waals surface area (Å²) in [7, 11) is 0. The topological polar surface area (TPSA) is 95.5 Å². The van der Waals surface area contributed by atoms with Gasteiger partial charge in [-0.05, 0) is 18.9 Å². The number of hydrogen-bond acceptors (Lipinski definition) is 3. The molecule has 0 bridgehead atoms. The van der Waals surface area contributed by atoms with Crippen LogP contribution in [0.1, 0.15) is 31.7 Å². The maximum Gasteiger partial charge on any atom is 0.326 e. The zero-order valence-electron chi connectivity index (χ0n) is 12.7. The van der Waals surface area contributed by atoms with Gasteiger partial charge in [0.2, 0.25) is 11.8 Å². The summed E-state index contributed by atoms with van der Waals surface area (Å²) in [4.78, 5) is 34.3. The van der Waals surface area contributed by atoms with E-state index >= 15 is 0 Å². The Labute approximate surface area is 129 Å². The molecule has 0 radical (unpaired) electrons. The van der Waals surface area contributed by atoms with Crippen molar-refractivity contribution < 1.29 is 19.5 Å². The quantitative estimate of drug-likeness (QED) is 0.637. The Kier molecular flexibility index (Phi) is 7.67. The molecule has 22 heavy (non-hydrogen) atoms. The molecule has 3 N–H and O–H groups in total. The summed E-state index contributed by atoms with van der Waals surface area (Å²) in [5, 5.41) is 14.3. The first-order chi connectivity index (χ1) is 10.5. The summed E-state index contributed by atoms with van der Waals surface area (Å²) in [5.41, 5.74) is 0.845. The van der Waals surface area contributed by atoms with Crippen LogP contribution in [0.5, 0.6) is 0 Å². The summed E-state index contributed by atoms with van der Waals surface area (Å²) < 4.78 is 0. The number of carbonyl (C=O) groups is 3. The first-order valence-electron chi connectivity index (χ1n) is 7.35. The van der Waals surface area contributed by atoms with Crippen molar-refractivity contribution in [1.82, 2.24) is 10.6 Å². The van der Waals surface area contributed by atoms with E-state index in [1.807, 2.05) is 37.3 Å². The smallest absolute Gasteiger partial charge is 0.326 e. The van der Waals surface area contributed by atoms with Gasteiger partial charge in [0.15, 0.2) is 0 Å². The van der Waals surface area contributed by atoms with Crippen molar-refractivity contribution in [1.29, 1.82) is 0 Å². The second-order valence-corrected chi connectivity index (χ2v) is 4.96. The third-order valence-corrected chi connectivity index (χ3v) is 3.10. The van der Waals surface area contributed by atoms with Gasteiger partial charge in [-0.3, -0.25) is 9.59 Å². The molecule has 120 valence electrons. The van der Waals surface area contributed by atoms with E-state index in [1.54, 1.807) is 0 Å². The number of carboxylic acid groups (broad SMARTS) is 1. The minimum absolute atomic E-state index is 0.102. The molecule has 0 spiro atoms. The fraction of sp³-hybridized carbons (Fsp3) is 0.438. The second-order valence-electron chi connectivity index (χ2n) is 4.96. The van der Waals surface area contributed by atoms with Gasteiger partial charge in [-0.1, -0.05) is 30.3 Å². The van der Waals surface area contributed by atoms with Gasteiger partial charge < -0.3 is 15.7 Å². The van der Waals surface area contributed by atoms with Crippen LogP contribution in [-0.2, 0) is 20.8 Å². The Bertz CT molecular complexity index is 502. The normalized spacial score (nSPS) is 11.5. The van der Waals surface area contributed by atoms with E-state index in [1.165, 1.54) is 0 Å². The lowest BCUT2D eigenvalue weighted by molar-refractivity contribution is -0.141. The standard InChI is InChI=1S/C16H22N2O4/c1-2-17-14(19)9-6-10-15(20)18-13(16(21)22)11-12-7-4-3-5-8-12/h3-5,7-8,13H,2,6,9-11H2,1H3,(H,17,19)(H,18,20)(H,21,22). The van der Waals surface area contributed by atoms with E-state index in [0.717, 1.165) is 5.56 Å². The monoisotopic (exact) mass is 306 g/mol. The van der Waals surface area contributed by atoms with Gasteiger partial charge in [0.1, 0.15) is 6.04 Å². The molecule has 0 aliphatic heterocycles. The Morgan fingerprint density at radius 3 is 2.32 bits per heavy atom. The van der Waals surface area contributed by atoms with E-state index in [2.05, 4.69) is 10.6 Å². The molecule has 0 aliphatic carbocycles. The van der Waals surface area contributed by atoms with E-state index < -0.39 is 12.0 Å². The number of carboxylic acids is 1. The Hall–Kier alpha value is -2.37. The highest BCUT2D eigenvalue weighted by Gasteiger charge is 2.20. The average Bonchev–Trinajstić information content (AvgIpc) is 2.48. The van der Waals surface area contributed by atoms with E-state index in [9.17, 15) is 19.5 Å². The number of aliphatic carboxylic acids is 1. The summed E-state index contributed by atoms with van der Waals surface area (Å²) in [6.45, 7) is 2.38. The van der Waals surface area contributed by atoms with Crippen molar-refractivity contribution in [3.8, 4) is 0 Å². The second kappa shape index (κ2) is 9.55. The highest BCUT2D eigenvalue weighted by Crippen LogP contribution is 2.04. The van der Waals surface area contributed by atoms with Crippen molar-refractivity contribution in [2.24, 2.45) is 0 Å². The van der Waals surface area contributed by atoms with Gasteiger partial charge in [-0.25, -0.2) is 4.79 Å². The fourth-order valence-electron chi connectivity index (χ4n) is 2.01. The van der Waals surface area contributed by atoms with Gasteiger partial charge in [0.25, 0.3) is 0 Å². The number of rotatable bonds is 9. The average molecular weight is 306 g/mol. The van der Waals surface area contributed by atoms with Crippen LogP contribution in [0.4, 0.5) is 0 Å². The summed E-state index contributed by atoms with van der Waals surface area (Å²) in [5.74, 6) is -1.53. The molecule has 1 atom stereocenters. The van der Waals surface area contributed by atoms with Crippen molar-refractivity contribution >= 4 is 17.8 Å². The maximum atomic E-state index is 11.8. The van der Waals surface area contributed by atoms with Crippen LogP contribution in [-0.4, -0.2) is 35.5 Å².